The van der Waals surface area contributed by atoms with Crippen LogP contribution < -0.4 is 4.74 Å². The summed E-state index contributed by atoms with van der Waals surface area (Å²) in [6, 6.07) is 1.21. The quantitative estimate of drug-likeness (QED) is 0.818. The van der Waals surface area contributed by atoms with Crippen LogP contribution in [0.5, 0.6) is 5.75 Å². The van der Waals surface area contributed by atoms with E-state index >= 15 is 0 Å². The summed E-state index contributed by atoms with van der Waals surface area (Å²) < 4.78 is 27.7. The number of halogens is 4. The molecule has 0 amide bonds. The Balaban J connectivity index is 2.90. The second-order valence-electron chi connectivity index (χ2n) is 1.70. The van der Waals surface area contributed by atoms with Crippen molar-refractivity contribution in [3.05, 3.63) is 15.8 Å². The maximum atomic E-state index is 11.7. The molecule has 0 bridgehead atoms. The highest BCUT2D eigenvalue weighted by atomic mass is 79.9. The highest BCUT2D eigenvalue weighted by Crippen LogP contribution is 2.24. The van der Waals surface area contributed by atoms with Crippen molar-refractivity contribution < 1.29 is 13.5 Å². The van der Waals surface area contributed by atoms with Gasteiger partial charge in [0.25, 0.3) is 0 Å². The van der Waals surface area contributed by atoms with Crippen LogP contribution in [0.4, 0.5) is 8.78 Å². The molecular weight excluding hydrogens is 257 g/mol. The molecule has 0 spiro atoms. The van der Waals surface area contributed by atoms with Gasteiger partial charge in [0.15, 0.2) is 10.9 Å². The Kier molecular flexibility index (Phi) is 3.16. The summed E-state index contributed by atoms with van der Waals surface area (Å²) >= 11 is 8.32. The van der Waals surface area contributed by atoms with Gasteiger partial charge in [-0.25, -0.2) is 0 Å². The summed E-state index contributed by atoms with van der Waals surface area (Å²) in [5, 5.41) is 6.60. The lowest BCUT2D eigenvalue weighted by Gasteiger charge is -2.04. The monoisotopic (exact) mass is 258 g/mol. The number of hydrogen-bond donors (Lipinski definition) is 0. The van der Waals surface area contributed by atoms with E-state index < -0.39 is 6.61 Å². The topological polar surface area (TPSA) is 35.0 Å². The summed E-state index contributed by atoms with van der Waals surface area (Å²) in [4.78, 5) is 0. The summed E-state index contributed by atoms with van der Waals surface area (Å²) in [6.45, 7) is -2.92. The third-order valence-electron chi connectivity index (χ3n) is 0.903. The van der Waals surface area contributed by atoms with Crippen LogP contribution in [0, 0.1) is 0 Å². The van der Waals surface area contributed by atoms with E-state index in [1.54, 1.807) is 0 Å². The second kappa shape index (κ2) is 3.95. The van der Waals surface area contributed by atoms with E-state index in [0.29, 0.717) is 0 Å². The van der Waals surface area contributed by atoms with Gasteiger partial charge < -0.3 is 4.74 Å². The van der Waals surface area contributed by atoms with Crippen molar-refractivity contribution in [3.8, 4) is 5.75 Å². The molecule has 0 aliphatic heterocycles. The molecule has 0 saturated heterocycles. The third-order valence-corrected chi connectivity index (χ3v) is 1.55. The van der Waals surface area contributed by atoms with Gasteiger partial charge >= 0.3 is 6.61 Å². The fraction of sp³-hybridized carbons (Fsp3) is 0.200. The van der Waals surface area contributed by atoms with Crippen molar-refractivity contribution in [1.29, 1.82) is 0 Å². The Labute approximate surface area is 79.8 Å². The molecule has 66 valence electrons. The molecule has 7 heteroatoms. The normalized spacial score (nSPS) is 10.4. The van der Waals surface area contributed by atoms with Crippen molar-refractivity contribution in [3.63, 3.8) is 0 Å². The first-order valence-corrected chi connectivity index (χ1v) is 3.90. The summed E-state index contributed by atoms with van der Waals surface area (Å²) in [7, 11) is 0. The van der Waals surface area contributed by atoms with Crippen molar-refractivity contribution in [2.24, 2.45) is 0 Å². The van der Waals surface area contributed by atoms with Crippen LogP contribution in [0.2, 0.25) is 5.15 Å². The number of rotatable bonds is 2. The largest absolute Gasteiger partial charge is 0.431 e. The molecule has 0 aliphatic carbocycles. The molecule has 1 rings (SSSR count). The highest BCUT2D eigenvalue weighted by molar-refractivity contribution is 9.10. The first-order chi connectivity index (χ1) is 5.59. The Bertz CT molecular complexity index is 286. The molecule has 0 saturated carbocycles. The van der Waals surface area contributed by atoms with E-state index in [2.05, 4.69) is 30.9 Å². The van der Waals surface area contributed by atoms with Crippen molar-refractivity contribution in [2.45, 2.75) is 6.61 Å². The molecule has 0 aromatic carbocycles. The number of alkyl halides is 2. The van der Waals surface area contributed by atoms with Gasteiger partial charge in [-0.3, -0.25) is 0 Å². The summed E-state index contributed by atoms with van der Waals surface area (Å²) in [6.07, 6.45) is 0. The van der Waals surface area contributed by atoms with Gasteiger partial charge in [-0.15, -0.1) is 10.2 Å². The molecule has 0 aliphatic rings. The van der Waals surface area contributed by atoms with E-state index in [1.165, 1.54) is 6.07 Å². The van der Waals surface area contributed by atoms with Crippen LogP contribution in [0.1, 0.15) is 0 Å². The molecule has 12 heavy (non-hydrogen) atoms. The van der Waals surface area contributed by atoms with Gasteiger partial charge in [0.1, 0.15) is 4.60 Å². The molecule has 0 fully saturated rings. The summed E-state index contributed by atoms with van der Waals surface area (Å²) in [5.41, 5.74) is 0. The van der Waals surface area contributed by atoms with Crippen LogP contribution in [0.15, 0.2) is 10.7 Å². The lowest BCUT2D eigenvalue weighted by molar-refractivity contribution is -0.0501. The summed E-state index contributed by atoms with van der Waals surface area (Å²) in [5.74, 6) is -0.200. The standard InChI is InChI=1S/C5H2BrClF2N2O/c6-3-1-2(12-5(8)9)4(7)11-10-3/h1,5H. The molecule has 1 heterocycles. The number of hydrogen-bond acceptors (Lipinski definition) is 3. The molecular formula is C5H2BrClF2N2O. The van der Waals surface area contributed by atoms with Gasteiger partial charge in [-0.1, -0.05) is 11.6 Å². The minimum atomic E-state index is -2.92. The van der Waals surface area contributed by atoms with E-state index in [9.17, 15) is 8.78 Å². The number of aromatic nitrogens is 2. The number of ether oxygens (including phenoxy) is 1. The van der Waals surface area contributed by atoms with Gasteiger partial charge in [0.05, 0.1) is 0 Å². The highest BCUT2D eigenvalue weighted by Gasteiger charge is 2.10. The minimum absolute atomic E-state index is 0.196. The molecule has 0 atom stereocenters. The maximum Gasteiger partial charge on any atom is 0.387 e. The van der Waals surface area contributed by atoms with Crippen LogP contribution >= 0.6 is 27.5 Å². The van der Waals surface area contributed by atoms with Crippen LogP contribution in [-0.4, -0.2) is 16.8 Å². The lowest BCUT2D eigenvalue weighted by Crippen LogP contribution is -2.03. The molecule has 0 radical (unpaired) electrons. The molecule has 1 aromatic rings. The van der Waals surface area contributed by atoms with E-state index in [-0.39, 0.29) is 15.5 Å². The molecule has 1 aromatic heterocycles. The zero-order chi connectivity index (χ0) is 9.14. The predicted molar refractivity (Wildman–Crippen MR) is 41.4 cm³/mol. The van der Waals surface area contributed by atoms with Gasteiger partial charge in [0, 0.05) is 6.07 Å². The zero-order valence-electron chi connectivity index (χ0n) is 5.47. The molecule has 0 N–H and O–H groups in total. The average molecular weight is 259 g/mol. The van der Waals surface area contributed by atoms with Crippen LogP contribution in [-0.2, 0) is 0 Å². The Morgan fingerprint density at radius 1 is 1.50 bits per heavy atom. The SMILES string of the molecule is FC(F)Oc1cc(Br)nnc1Cl. The zero-order valence-corrected chi connectivity index (χ0v) is 7.81. The van der Waals surface area contributed by atoms with Crippen molar-refractivity contribution in [1.82, 2.24) is 10.2 Å². The smallest absolute Gasteiger partial charge is 0.387 e. The van der Waals surface area contributed by atoms with Gasteiger partial charge in [-0.2, -0.15) is 8.78 Å². The molecule has 0 unspecified atom stereocenters. The minimum Gasteiger partial charge on any atom is -0.431 e. The van der Waals surface area contributed by atoms with Crippen LogP contribution in [0.3, 0.4) is 0 Å². The first-order valence-electron chi connectivity index (χ1n) is 2.73. The third kappa shape index (κ3) is 2.53. The van der Waals surface area contributed by atoms with E-state index in [1.807, 2.05) is 0 Å². The fourth-order valence-corrected chi connectivity index (χ4v) is 0.940. The Hall–Kier alpha value is -0.490. The fourth-order valence-electron chi connectivity index (χ4n) is 0.516. The first kappa shape index (κ1) is 9.60. The van der Waals surface area contributed by atoms with E-state index in [4.69, 9.17) is 11.6 Å². The second-order valence-corrected chi connectivity index (χ2v) is 2.87. The lowest BCUT2D eigenvalue weighted by atomic mass is 10.5. The van der Waals surface area contributed by atoms with Crippen molar-refractivity contribution in [2.75, 3.05) is 0 Å². The Morgan fingerprint density at radius 2 is 2.17 bits per heavy atom. The molecule has 3 nitrogen and oxygen atoms in total. The predicted octanol–water partition coefficient (Wildman–Crippen LogP) is 2.49. The van der Waals surface area contributed by atoms with E-state index in [0.717, 1.165) is 0 Å². The maximum absolute atomic E-state index is 11.7. The van der Waals surface area contributed by atoms with Crippen molar-refractivity contribution >= 4 is 27.5 Å². The van der Waals surface area contributed by atoms with Crippen LogP contribution in [0.25, 0.3) is 0 Å². The number of nitrogens with zero attached hydrogens (tertiary/aromatic N) is 2. The average Bonchev–Trinajstić information content (AvgIpc) is 1.96. The Morgan fingerprint density at radius 3 is 2.75 bits per heavy atom. The van der Waals surface area contributed by atoms with Gasteiger partial charge in [0.2, 0.25) is 0 Å². The van der Waals surface area contributed by atoms with Gasteiger partial charge in [-0.05, 0) is 15.9 Å².